The Morgan fingerprint density at radius 3 is 2.34 bits per heavy atom. The molecular formula is C25H34N6O. The normalized spacial score (nSPS) is 20.4. The first-order valence-electron chi connectivity index (χ1n) is 12.0. The summed E-state index contributed by atoms with van der Waals surface area (Å²) in [5.41, 5.74) is 3.02. The minimum absolute atomic E-state index is 0.0950. The Morgan fingerprint density at radius 2 is 1.62 bits per heavy atom. The second kappa shape index (κ2) is 9.06. The molecule has 32 heavy (non-hydrogen) atoms. The van der Waals surface area contributed by atoms with Gasteiger partial charge < -0.3 is 19.6 Å². The maximum Gasteiger partial charge on any atom is 0.254 e. The maximum atomic E-state index is 13.1. The van der Waals surface area contributed by atoms with E-state index in [2.05, 4.69) is 28.7 Å². The molecular weight excluding hydrogens is 400 g/mol. The van der Waals surface area contributed by atoms with Gasteiger partial charge in [0.05, 0.1) is 12.2 Å². The van der Waals surface area contributed by atoms with Crippen LogP contribution in [-0.2, 0) is 13.0 Å². The molecule has 3 aliphatic rings. The van der Waals surface area contributed by atoms with Gasteiger partial charge in [-0.05, 0) is 37.9 Å². The van der Waals surface area contributed by atoms with Gasteiger partial charge in [-0.2, -0.15) is 4.98 Å². The summed E-state index contributed by atoms with van der Waals surface area (Å²) in [4.78, 5) is 32.4. The Balaban J connectivity index is 1.46. The molecule has 170 valence electrons. The Labute approximate surface area is 191 Å². The lowest BCUT2D eigenvalue weighted by Crippen LogP contribution is -2.46. The quantitative estimate of drug-likeness (QED) is 0.740. The van der Waals surface area contributed by atoms with Crippen LogP contribution in [0.5, 0.6) is 0 Å². The molecule has 0 atom stereocenters. The van der Waals surface area contributed by atoms with Gasteiger partial charge in [0.2, 0.25) is 5.95 Å². The van der Waals surface area contributed by atoms with E-state index >= 15 is 0 Å². The summed E-state index contributed by atoms with van der Waals surface area (Å²) in [6.45, 7) is 9.69. The van der Waals surface area contributed by atoms with Crippen LogP contribution in [0.3, 0.4) is 0 Å². The topological polar surface area (TPSA) is 55.8 Å². The number of piperidine rings is 1. The number of anilines is 2. The molecule has 1 aromatic heterocycles. The van der Waals surface area contributed by atoms with Crippen LogP contribution in [0.1, 0.15) is 41.4 Å². The summed E-state index contributed by atoms with van der Waals surface area (Å²) in [5, 5.41) is 0. The Morgan fingerprint density at radius 1 is 0.906 bits per heavy atom. The maximum absolute atomic E-state index is 13.1. The average Bonchev–Trinajstić information content (AvgIpc) is 2.84. The van der Waals surface area contributed by atoms with E-state index < -0.39 is 0 Å². The number of carbonyl (C=O) groups is 1. The van der Waals surface area contributed by atoms with Crippen LogP contribution >= 0.6 is 0 Å². The van der Waals surface area contributed by atoms with E-state index in [1.165, 1.54) is 12.8 Å². The van der Waals surface area contributed by atoms with E-state index in [1.54, 1.807) is 0 Å². The predicted molar refractivity (Wildman–Crippen MR) is 127 cm³/mol. The molecule has 0 bridgehead atoms. The number of amides is 1. The van der Waals surface area contributed by atoms with Crippen molar-refractivity contribution in [2.75, 3.05) is 62.7 Å². The lowest BCUT2D eigenvalue weighted by atomic mass is 9.98. The van der Waals surface area contributed by atoms with Gasteiger partial charge in [0, 0.05) is 63.4 Å². The fourth-order valence-corrected chi connectivity index (χ4v) is 4.95. The highest BCUT2D eigenvalue weighted by Crippen LogP contribution is 2.32. The first-order valence-corrected chi connectivity index (χ1v) is 12.0. The number of aromatic nitrogens is 2. The third kappa shape index (κ3) is 4.31. The second-order valence-corrected chi connectivity index (χ2v) is 9.58. The number of nitrogens with zero attached hydrogens (tertiary/aromatic N) is 6. The molecule has 7 heteroatoms. The largest absolute Gasteiger partial charge is 0.356 e. The number of benzene rings is 1. The van der Waals surface area contributed by atoms with Gasteiger partial charge in [-0.15, -0.1) is 0 Å². The van der Waals surface area contributed by atoms with Crippen LogP contribution in [-0.4, -0.2) is 78.5 Å². The Kier molecular flexibility index (Phi) is 6.00. The van der Waals surface area contributed by atoms with E-state index in [-0.39, 0.29) is 5.91 Å². The van der Waals surface area contributed by atoms with E-state index in [0.29, 0.717) is 13.1 Å². The van der Waals surface area contributed by atoms with Crippen LogP contribution in [0.4, 0.5) is 11.8 Å². The van der Waals surface area contributed by atoms with E-state index in [1.807, 2.05) is 35.2 Å². The van der Waals surface area contributed by atoms with Crippen molar-refractivity contribution < 1.29 is 4.79 Å². The SMILES string of the molecule is CC1CCN(c2nc(N3CCN(C)CC3)nc3c2CN(C(=O)c2ccccc2)CC3)CC1. The molecule has 1 aromatic carbocycles. The highest BCUT2D eigenvalue weighted by Gasteiger charge is 2.30. The highest BCUT2D eigenvalue weighted by atomic mass is 16.2. The van der Waals surface area contributed by atoms with Gasteiger partial charge in [0.25, 0.3) is 5.91 Å². The minimum Gasteiger partial charge on any atom is -0.356 e. The molecule has 0 aliphatic carbocycles. The molecule has 0 N–H and O–H groups in total. The summed E-state index contributed by atoms with van der Waals surface area (Å²) in [7, 11) is 2.17. The lowest BCUT2D eigenvalue weighted by Gasteiger charge is -2.38. The Hall–Kier alpha value is -2.67. The number of likely N-dealkylation sites (N-methyl/N-ethyl adjacent to an activating group) is 1. The number of carbonyl (C=O) groups excluding carboxylic acids is 1. The van der Waals surface area contributed by atoms with Crippen LogP contribution in [0, 0.1) is 5.92 Å². The van der Waals surface area contributed by atoms with Crippen molar-refractivity contribution in [3.8, 4) is 0 Å². The van der Waals surface area contributed by atoms with Crippen molar-refractivity contribution in [2.45, 2.75) is 32.7 Å². The first-order chi connectivity index (χ1) is 15.6. The summed E-state index contributed by atoms with van der Waals surface area (Å²) in [5.74, 6) is 2.78. The number of fused-ring (bicyclic) bond motifs is 1. The van der Waals surface area contributed by atoms with Gasteiger partial charge in [-0.25, -0.2) is 4.98 Å². The second-order valence-electron chi connectivity index (χ2n) is 9.58. The molecule has 2 saturated heterocycles. The number of hydrogen-bond donors (Lipinski definition) is 0. The molecule has 2 aromatic rings. The summed E-state index contributed by atoms with van der Waals surface area (Å²) in [6, 6.07) is 9.61. The van der Waals surface area contributed by atoms with Gasteiger partial charge in [0.1, 0.15) is 5.82 Å². The van der Waals surface area contributed by atoms with Crippen LogP contribution in [0.15, 0.2) is 30.3 Å². The van der Waals surface area contributed by atoms with E-state index in [4.69, 9.17) is 9.97 Å². The predicted octanol–water partition coefficient (Wildman–Crippen LogP) is 2.66. The number of piperazine rings is 1. The third-order valence-electron chi connectivity index (χ3n) is 7.20. The summed E-state index contributed by atoms with van der Waals surface area (Å²) >= 11 is 0. The van der Waals surface area contributed by atoms with Gasteiger partial charge >= 0.3 is 0 Å². The fraction of sp³-hybridized carbons (Fsp3) is 0.560. The molecule has 2 fully saturated rings. The molecule has 4 heterocycles. The van der Waals surface area contributed by atoms with Gasteiger partial charge in [-0.3, -0.25) is 4.79 Å². The van der Waals surface area contributed by atoms with Crippen molar-refractivity contribution in [3.05, 3.63) is 47.2 Å². The summed E-state index contributed by atoms with van der Waals surface area (Å²) < 4.78 is 0. The first kappa shape index (κ1) is 21.2. The molecule has 1 amide bonds. The number of rotatable bonds is 3. The molecule has 5 rings (SSSR count). The molecule has 0 unspecified atom stereocenters. The van der Waals surface area contributed by atoms with Crippen molar-refractivity contribution in [1.29, 1.82) is 0 Å². The van der Waals surface area contributed by atoms with Crippen molar-refractivity contribution in [3.63, 3.8) is 0 Å². The zero-order valence-corrected chi connectivity index (χ0v) is 19.3. The third-order valence-corrected chi connectivity index (χ3v) is 7.20. The monoisotopic (exact) mass is 434 g/mol. The minimum atomic E-state index is 0.0950. The van der Waals surface area contributed by atoms with Crippen LogP contribution in [0.2, 0.25) is 0 Å². The standard InChI is InChI=1S/C25H34N6O/c1-19-8-11-29(12-9-19)23-21-18-31(24(32)20-6-4-3-5-7-20)13-10-22(21)26-25(27-23)30-16-14-28(2)15-17-30/h3-7,19H,8-18H2,1-2H3. The van der Waals surface area contributed by atoms with E-state index in [9.17, 15) is 4.79 Å². The van der Waals surface area contributed by atoms with Crippen molar-refractivity contribution in [1.82, 2.24) is 19.8 Å². The summed E-state index contributed by atoms with van der Waals surface area (Å²) in [6.07, 6.45) is 3.17. The fourth-order valence-electron chi connectivity index (χ4n) is 4.95. The highest BCUT2D eigenvalue weighted by molar-refractivity contribution is 5.94. The molecule has 7 nitrogen and oxygen atoms in total. The van der Waals surface area contributed by atoms with Crippen LogP contribution in [0.25, 0.3) is 0 Å². The molecule has 0 saturated carbocycles. The molecule has 3 aliphatic heterocycles. The van der Waals surface area contributed by atoms with E-state index in [0.717, 1.165) is 80.2 Å². The van der Waals surface area contributed by atoms with Crippen LogP contribution < -0.4 is 9.80 Å². The Bertz CT molecular complexity index is 948. The molecule has 0 radical (unpaired) electrons. The van der Waals surface area contributed by atoms with Crippen molar-refractivity contribution in [2.24, 2.45) is 5.92 Å². The zero-order chi connectivity index (χ0) is 22.1. The van der Waals surface area contributed by atoms with Gasteiger partial charge in [-0.1, -0.05) is 25.1 Å². The molecule has 0 spiro atoms. The smallest absolute Gasteiger partial charge is 0.254 e. The van der Waals surface area contributed by atoms with Crippen molar-refractivity contribution >= 4 is 17.7 Å². The lowest BCUT2D eigenvalue weighted by molar-refractivity contribution is 0.0733. The number of hydrogen-bond acceptors (Lipinski definition) is 6. The zero-order valence-electron chi connectivity index (χ0n) is 19.3. The average molecular weight is 435 g/mol. The van der Waals surface area contributed by atoms with Gasteiger partial charge in [0.15, 0.2) is 0 Å².